The van der Waals surface area contributed by atoms with E-state index < -0.39 is 14.6 Å². The Hall–Kier alpha value is -1.67. The van der Waals surface area contributed by atoms with Gasteiger partial charge in [-0.15, -0.1) is 0 Å². The van der Waals surface area contributed by atoms with Gasteiger partial charge in [-0.2, -0.15) is 0 Å². The van der Waals surface area contributed by atoms with E-state index in [0.29, 0.717) is 12.0 Å². The lowest BCUT2D eigenvalue weighted by Gasteiger charge is -2.32. The van der Waals surface area contributed by atoms with E-state index in [9.17, 15) is 8.42 Å². The fourth-order valence-corrected chi connectivity index (χ4v) is 4.00. The Morgan fingerprint density at radius 3 is 2.57 bits per heavy atom. The molecule has 7 nitrogen and oxygen atoms in total. The molecule has 1 aromatic rings. The number of aromatic nitrogens is 1. The van der Waals surface area contributed by atoms with E-state index in [1.54, 1.807) is 20.8 Å². The lowest BCUT2D eigenvalue weighted by molar-refractivity contribution is 0.196. The molecule has 1 aliphatic heterocycles. The van der Waals surface area contributed by atoms with Crippen molar-refractivity contribution in [2.75, 3.05) is 31.9 Å². The maximum Gasteiger partial charge on any atom is 0.191 e. The molecule has 0 saturated carbocycles. The van der Waals surface area contributed by atoms with E-state index in [-0.39, 0.29) is 12.3 Å². The third kappa shape index (κ3) is 7.05. The van der Waals surface area contributed by atoms with Crippen LogP contribution in [0.4, 0.5) is 0 Å². The zero-order valence-corrected chi connectivity index (χ0v) is 18.4. The first-order valence-electron chi connectivity index (χ1n) is 10.1. The summed E-state index contributed by atoms with van der Waals surface area (Å²) in [5.41, 5.74) is 1.10. The Labute approximate surface area is 169 Å². The second-order valence-electron chi connectivity index (χ2n) is 8.21. The highest BCUT2D eigenvalue weighted by atomic mass is 32.2. The van der Waals surface area contributed by atoms with Crippen molar-refractivity contribution in [3.05, 3.63) is 30.1 Å². The Balaban J connectivity index is 1.82. The minimum absolute atomic E-state index is 0.0651. The van der Waals surface area contributed by atoms with Crippen LogP contribution >= 0.6 is 0 Å². The van der Waals surface area contributed by atoms with E-state index in [0.717, 1.165) is 44.7 Å². The fraction of sp³-hybridized carbons (Fsp3) is 0.700. The van der Waals surface area contributed by atoms with Crippen molar-refractivity contribution in [1.29, 1.82) is 0 Å². The molecule has 1 aliphatic rings. The average Bonchev–Trinajstić information content (AvgIpc) is 2.63. The Morgan fingerprint density at radius 1 is 1.29 bits per heavy atom. The lowest BCUT2D eigenvalue weighted by Crippen LogP contribution is -2.48. The standard InChI is InChI=1S/C20H35N5O2S/c1-5-21-19(23-12-15-28(26,27)20(2,3)4)24-17-9-13-25(14-10-17)16-18-8-6-7-11-22-18/h6-8,11,17H,5,9-10,12-16H2,1-4H3,(H2,21,23,24). The van der Waals surface area contributed by atoms with E-state index in [4.69, 9.17) is 0 Å². The molecule has 28 heavy (non-hydrogen) atoms. The zero-order chi connectivity index (χ0) is 20.6. The average molecular weight is 410 g/mol. The monoisotopic (exact) mass is 409 g/mol. The van der Waals surface area contributed by atoms with Gasteiger partial charge in [-0.1, -0.05) is 6.07 Å². The molecule has 2 rings (SSSR count). The Morgan fingerprint density at radius 2 is 2.00 bits per heavy atom. The van der Waals surface area contributed by atoms with E-state index in [1.807, 2.05) is 25.3 Å². The number of pyridine rings is 1. The lowest BCUT2D eigenvalue weighted by atomic mass is 10.0. The van der Waals surface area contributed by atoms with Crippen LogP contribution in [0.25, 0.3) is 0 Å². The summed E-state index contributed by atoms with van der Waals surface area (Å²) in [6, 6.07) is 6.37. The maximum atomic E-state index is 12.2. The highest BCUT2D eigenvalue weighted by Crippen LogP contribution is 2.16. The van der Waals surface area contributed by atoms with Gasteiger partial charge in [-0.25, -0.2) is 8.42 Å². The topological polar surface area (TPSA) is 86.7 Å². The first-order valence-corrected chi connectivity index (χ1v) is 11.8. The van der Waals surface area contributed by atoms with Crippen molar-refractivity contribution in [3.63, 3.8) is 0 Å². The fourth-order valence-electron chi connectivity index (χ4n) is 3.05. The van der Waals surface area contributed by atoms with Gasteiger partial charge in [-0.05, 0) is 52.7 Å². The predicted molar refractivity (Wildman–Crippen MR) is 115 cm³/mol. The molecular formula is C20H35N5O2S. The summed E-state index contributed by atoms with van der Waals surface area (Å²) in [6.45, 7) is 11.1. The summed E-state index contributed by atoms with van der Waals surface area (Å²) in [5, 5.41) is 6.69. The normalized spacial score (nSPS) is 17.5. The SMILES string of the molecule is CCNC(=NCCS(=O)(=O)C(C)(C)C)NC1CCN(Cc2ccccn2)CC1. The molecule has 158 valence electrons. The van der Waals surface area contributed by atoms with E-state index >= 15 is 0 Å². The van der Waals surface area contributed by atoms with Crippen molar-refractivity contribution < 1.29 is 8.42 Å². The number of aliphatic imine (C=N–C) groups is 1. The molecular weight excluding hydrogens is 374 g/mol. The van der Waals surface area contributed by atoms with E-state index in [2.05, 4.69) is 31.6 Å². The molecule has 8 heteroatoms. The molecule has 0 amide bonds. The molecule has 1 saturated heterocycles. The maximum absolute atomic E-state index is 12.2. The summed E-state index contributed by atoms with van der Waals surface area (Å²) in [4.78, 5) is 11.3. The molecule has 1 aromatic heterocycles. The van der Waals surface area contributed by atoms with Gasteiger partial charge < -0.3 is 10.6 Å². The first-order chi connectivity index (χ1) is 13.2. The highest BCUT2D eigenvalue weighted by Gasteiger charge is 2.28. The van der Waals surface area contributed by atoms with Gasteiger partial charge in [0.2, 0.25) is 0 Å². The summed E-state index contributed by atoms with van der Waals surface area (Å²) in [6.07, 6.45) is 3.89. The molecule has 0 atom stereocenters. The number of hydrogen-bond donors (Lipinski definition) is 2. The third-order valence-electron chi connectivity index (χ3n) is 4.95. The number of hydrogen-bond acceptors (Lipinski definition) is 5. The molecule has 0 aliphatic carbocycles. The molecule has 0 unspecified atom stereocenters. The first kappa shape index (κ1) is 22.6. The summed E-state index contributed by atoms with van der Waals surface area (Å²) < 4.78 is 23.8. The van der Waals surface area contributed by atoms with Crippen molar-refractivity contribution in [3.8, 4) is 0 Å². The zero-order valence-electron chi connectivity index (χ0n) is 17.6. The van der Waals surface area contributed by atoms with Gasteiger partial charge >= 0.3 is 0 Å². The summed E-state index contributed by atoms with van der Waals surface area (Å²) in [5.74, 6) is 0.769. The van der Waals surface area contributed by atoms with Crippen molar-refractivity contribution in [2.24, 2.45) is 4.99 Å². The molecule has 2 N–H and O–H groups in total. The Kier molecular flexibility index (Phi) is 8.24. The molecule has 2 heterocycles. The number of rotatable bonds is 7. The van der Waals surface area contributed by atoms with Crippen molar-refractivity contribution >= 4 is 15.8 Å². The van der Waals surface area contributed by atoms with Crippen LogP contribution in [0.2, 0.25) is 0 Å². The number of nitrogens with zero attached hydrogens (tertiary/aromatic N) is 3. The van der Waals surface area contributed by atoms with Crippen LogP contribution in [0.1, 0.15) is 46.2 Å². The number of nitrogens with one attached hydrogen (secondary N) is 2. The molecule has 1 fully saturated rings. The summed E-state index contributed by atoms with van der Waals surface area (Å²) in [7, 11) is -3.15. The number of piperidine rings is 1. The smallest absolute Gasteiger partial charge is 0.191 e. The van der Waals surface area contributed by atoms with Crippen molar-refractivity contribution in [1.82, 2.24) is 20.5 Å². The third-order valence-corrected chi connectivity index (χ3v) is 7.53. The van der Waals surface area contributed by atoms with Crippen LogP contribution in [0, 0.1) is 0 Å². The minimum Gasteiger partial charge on any atom is -0.357 e. The van der Waals surface area contributed by atoms with Crippen molar-refractivity contribution in [2.45, 2.75) is 57.9 Å². The van der Waals surface area contributed by atoms with Crippen LogP contribution in [0.3, 0.4) is 0 Å². The van der Waals surface area contributed by atoms with Crippen LogP contribution < -0.4 is 10.6 Å². The number of sulfone groups is 1. The van der Waals surface area contributed by atoms with Crippen LogP contribution in [-0.4, -0.2) is 67.0 Å². The van der Waals surface area contributed by atoms with Crippen LogP contribution in [0.5, 0.6) is 0 Å². The minimum atomic E-state index is -3.15. The summed E-state index contributed by atoms with van der Waals surface area (Å²) >= 11 is 0. The molecule has 0 spiro atoms. The van der Waals surface area contributed by atoms with Gasteiger partial charge in [0.1, 0.15) is 0 Å². The molecule has 0 radical (unpaired) electrons. The predicted octanol–water partition coefficient (Wildman–Crippen LogP) is 1.81. The second-order valence-corrected chi connectivity index (χ2v) is 11.1. The number of guanidine groups is 1. The van der Waals surface area contributed by atoms with Gasteiger partial charge in [0.15, 0.2) is 15.8 Å². The van der Waals surface area contributed by atoms with Crippen LogP contribution in [-0.2, 0) is 16.4 Å². The quantitative estimate of drug-likeness (QED) is 0.528. The largest absolute Gasteiger partial charge is 0.357 e. The van der Waals surface area contributed by atoms with Gasteiger partial charge in [0.05, 0.1) is 22.7 Å². The molecule has 0 bridgehead atoms. The van der Waals surface area contributed by atoms with E-state index in [1.165, 1.54) is 0 Å². The van der Waals surface area contributed by atoms with Crippen LogP contribution in [0.15, 0.2) is 29.4 Å². The van der Waals surface area contributed by atoms with Gasteiger partial charge in [-0.3, -0.25) is 14.9 Å². The highest BCUT2D eigenvalue weighted by molar-refractivity contribution is 7.92. The number of likely N-dealkylation sites (tertiary alicyclic amines) is 1. The second kappa shape index (κ2) is 10.2. The van der Waals surface area contributed by atoms with Gasteiger partial charge in [0, 0.05) is 38.4 Å². The van der Waals surface area contributed by atoms with Gasteiger partial charge in [0.25, 0.3) is 0 Å². The Bertz CT molecular complexity index is 721. The molecule has 0 aromatic carbocycles.